The average Bonchev–Trinajstić information content (AvgIpc) is 3.22. The second-order valence-corrected chi connectivity index (χ2v) is 7.88. The number of carbonyl (C=O) groups excluding carboxylic acids is 1. The molecule has 2 aromatic carbocycles. The Kier molecular flexibility index (Phi) is 5.84. The van der Waals surface area contributed by atoms with Crippen molar-refractivity contribution in [1.82, 2.24) is 15.0 Å². The predicted molar refractivity (Wildman–Crippen MR) is 114 cm³/mol. The quantitative estimate of drug-likeness (QED) is 0.610. The van der Waals surface area contributed by atoms with Crippen LogP contribution in [0.15, 0.2) is 47.0 Å². The smallest absolute Gasteiger partial charge is 0.263 e. The topological polar surface area (TPSA) is 68.5 Å². The molecule has 1 aliphatic rings. The third kappa shape index (κ3) is 4.22. The van der Waals surface area contributed by atoms with Crippen molar-refractivity contribution in [3.8, 4) is 17.1 Å². The fourth-order valence-electron chi connectivity index (χ4n) is 3.94. The van der Waals surface area contributed by atoms with E-state index in [1.165, 1.54) is 17.5 Å². The van der Waals surface area contributed by atoms with Crippen molar-refractivity contribution in [3.63, 3.8) is 0 Å². The molecule has 0 aliphatic heterocycles. The highest BCUT2D eigenvalue weighted by Gasteiger charge is 2.23. The van der Waals surface area contributed by atoms with Crippen LogP contribution in [0, 0.1) is 6.92 Å². The van der Waals surface area contributed by atoms with Gasteiger partial charge in [-0.3, -0.25) is 4.79 Å². The summed E-state index contributed by atoms with van der Waals surface area (Å²) < 4.78 is 11.4. The lowest BCUT2D eigenvalue weighted by atomic mass is 9.91. The van der Waals surface area contributed by atoms with Crippen molar-refractivity contribution >= 4 is 5.91 Å². The van der Waals surface area contributed by atoms with E-state index in [0.29, 0.717) is 11.7 Å². The van der Waals surface area contributed by atoms with Gasteiger partial charge in [-0.15, -0.1) is 0 Å². The number of amides is 1. The van der Waals surface area contributed by atoms with Gasteiger partial charge in [0.25, 0.3) is 5.91 Å². The zero-order chi connectivity index (χ0) is 21.1. The molecule has 0 bridgehead atoms. The fourth-order valence-corrected chi connectivity index (χ4v) is 3.94. The van der Waals surface area contributed by atoms with E-state index in [1.54, 1.807) is 18.9 Å². The summed E-state index contributed by atoms with van der Waals surface area (Å²) in [4.78, 5) is 18.9. The van der Waals surface area contributed by atoms with Gasteiger partial charge in [-0.05, 0) is 62.3 Å². The van der Waals surface area contributed by atoms with Crippen LogP contribution in [-0.2, 0) is 24.2 Å². The lowest BCUT2D eigenvalue weighted by Gasteiger charge is -2.24. The molecule has 156 valence electrons. The molecule has 0 unspecified atom stereocenters. The van der Waals surface area contributed by atoms with Crippen molar-refractivity contribution < 1.29 is 14.1 Å². The molecule has 3 aromatic rings. The van der Waals surface area contributed by atoms with E-state index in [1.807, 2.05) is 43.3 Å². The number of hydrogen-bond acceptors (Lipinski definition) is 5. The maximum absolute atomic E-state index is 12.9. The Morgan fingerprint density at radius 1 is 1.17 bits per heavy atom. The van der Waals surface area contributed by atoms with Crippen LogP contribution in [0.2, 0.25) is 0 Å². The van der Waals surface area contributed by atoms with Crippen molar-refractivity contribution in [2.75, 3.05) is 7.05 Å². The number of nitrogens with zero attached hydrogens (tertiary/aromatic N) is 3. The van der Waals surface area contributed by atoms with E-state index in [9.17, 15) is 4.79 Å². The summed E-state index contributed by atoms with van der Waals surface area (Å²) in [5.74, 6) is 1.62. The lowest BCUT2D eigenvalue weighted by molar-refractivity contribution is -0.137. The van der Waals surface area contributed by atoms with Crippen molar-refractivity contribution in [1.29, 1.82) is 0 Å². The van der Waals surface area contributed by atoms with Crippen LogP contribution in [0.3, 0.4) is 0 Å². The minimum atomic E-state index is -0.595. The molecule has 6 heteroatoms. The fraction of sp³-hybridized carbons (Fsp3) is 0.375. The summed E-state index contributed by atoms with van der Waals surface area (Å²) in [5, 5.41) is 4.07. The van der Waals surface area contributed by atoms with Crippen molar-refractivity contribution in [2.24, 2.45) is 0 Å². The van der Waals surface area contributed by atoms with Gasteiger partial charge in [0.2, 0.25) is 11.7 Å². The molecule has 1 amide bonds. The van der Waals surface area contributed by atoms with Crippen LogP contribution in [0.4, 0.5) is 0 Å². The first kappa shape index (κ1) is 20.1. The Hall–Kier alpha value is -3.15. The van der Waals surface area contributed by atoms with Gasteiger partial charge < -0.3 is 14.2 Å². The molecule has 0 saturated carbocycles. The molecule has 1 atom stereocenters. The molecular formula is C24H27N3O3. The number of aryl methyl sites for hydroxylation is 2. The third-order valence-corrected chi connectivity index (χ3v) is 5.61. The van der Waals surface area contributed by atoms with Crippen LogP contribution in [-0.4, -0.2) is 34.1 Å². The molecule has 1 heterocycles. The number of likely N-dealkylation sites (N-methyl/N-ethyl adjacent to an activating group) is 1. The van der Waals surface area contributed by atoms with Crippen LogP contribution >= 0.6 is 0 Å². The average molecular weight is 405 g/mol. The highest BCUT2D eigenvalue weighted by atomic mass is 16.5. The number of aromatic nitrogens is 2. The Bertz CT molecular complexity index is 1040. The molecule has 1 aromatic heterocycles. The monoisotopic (exact) mass is 405 g/mol. The Morgan fingerprint density at radius 3 is 2.80 bits per heavy atom. The molecule has 1 aliphatic carbocycles. The van der Waals surface area contributed by atoms with Crippen LogP contribution in [0.25, 0.3) is 11.4 Å². The highest BCUT2D eigenvalue weighted by Crippen LogP contribution is 2.30. The largest absolute Gasteiger partial charge is 0.481 e. The van der Waals surface area contributed by atoms with Gasteiger partial charge >= 0.3 is 0 Å². The van der Waals surface area contributed by atoms with Gasteiger partial charge in [0, 0.05) is 12.6 Å². The molecular weight excluding hydrogens is 378 g/mol. The first-order valence-electron chi connectivity index (χ1n) is 10.4. The molecule has 4 rings (SSSR count). The second kappa shape index (κ2) is 8.69. The minimum absolute atomic E-state index is 0.126. The first-order valence-corrected chi connectivity index (χ1v) is 10.4. The van der Waals surface area contributed by atoms with Gasteiger partial charge in [0.15, 0.2) is 6.10 Å². The Morgan fingerprint density at radius 2 is 1.97 bits per heavy atom. The summed E-state index contributed by atoms with van der Waals surface area (Å²) in [6.45, 7) is 4.02. The van der Waals surface area contributed by atoms with Crippen LogP contribution < -0.4 is 4.74 Å². The van der Waals surface area contributed by atoms with Gasteiger partial charge in [-0.1, -0.05) is 41.6 Å². The van der Waals surface area contributed by atoms with Crippen LogP contribution in [0.5, 0.6) is 5.75 Å². The number of rotatable bonds is 6. The van der Waals surface area contributed by atoms with Gasteiger partial charge in [0.1, 0.15) is 5.75 Å². The molecule has 0 fully saturated rings. The van der Waals surface area contributed by atoms with Crippen molar-refractivity contribution in [3.05, 3.63) is 65.0 Å². The summed E-state index contributed by atoms with van der Waals surface area (Å²) >= 11 is 0. The zero-order valence-electron chi connectivity index (χ0n) is 17.7. The normalized spacial score (nSPS) is 14.1. The second-order valence-electron chi connectivity index (χ2n) is 7.88. The van der Waals surface area contributed by atoms with Gasteiger partial charge in [0.05, 0.1) is 6.54 Å². The molecule has 0 N–H and O–H groups in total. The SMILES string of the molecule is Cc1ccccc1-c1noc(CN(C)C(=O)[C@@H](C)Oc2cccc3c2CCCC3)n1. The molecule has 0 spiro atoms. The third-order valence-electron chi connectivity index (χ3n) is 5.61. The van der Waals surface area contributed by atoms with E-state index < -0.39 is 6.10 Å². The molecule has 0 saturated heterocycles. The van der Waals surface area contributed by atoms with E-state index in [0.717, 1.165) is 36.1 Å². The highest BCUT2D eigenvalue weighted by molar-refractivity contribution is 5.80. The van der Waals surface area contributed by atoms with E-state index in [2.05, 4.69) is 16.2 Å². The summed E-state index contributed by atoms with van der Waals surface area (Å²) in [5.41, 5.74) is 4.57. The number of hydrogen-bond donors (Lipinski definition) is 0. The molecule has 0 radical (unpaired) electrons. The zero-order valence-corrected chi connectivity index (χ0v) is 17.7. The summed E-state index contributed by atoms with van der Waals surface area (Å²) in [7, 11) is 1.72. The number of fused-ring (bicyclic) bond motifs is 1. The van der Waals surface area contributed by atoms with E-state index in [-0.39, 0.29) is 12.5 Å². The molecule has 30 heavy (non-hydrogen) atoms. The van der Waals surface area contributed by atoms with E-state index in [4.69, 9.17) is 9.26 Å². The van der Waals surface area contributed by atoms with Gasteiger partial charge in [-0.2, -0.15) is 4.98 Å². The van der Waals surface area contributed by atoms with Crippen LogP contribution in [0.1, 0.15) is 42.3 Å². The van der Waals surface area contributed by atoms with Crippen molar-refractivity contribution in [2.45, 2.75) is 52.2 Å². The number of benzene rings is 2. The maximum atomic E-state index is 12.9. The standard InChI is InChI=1S/C24H27N3O3/c1-16-9-4-6-12-19(16)23-25-22(30-26-23)15-27(3)24(28)17(2)29-21-14-8-11-18-10-5-7-13-20(18)21/h4,6,8-9,11-12,14,17H,5,7,10,13,15H2,1-3H3/t17-/m1/s1. The predicted octanol–water partition coefficient (Wildman–Crippen LogP) is 4.35. The summed E-state index contributed by atoms with van der Waals surface area (Å²) in [6.07, 6.45) is 3.86. The maximum Gasteiger partial charge on any atom is 0.263 e. The first-order chi connectivity index (χ1) is 14.5. The van der Waals surface area contributed by atoms with Gasteiger partial charge in [-0.25, -0.2) is 0 Å². The number of ether oxygens (including phenoxy) is 1. The Balaban J connectivity index is 1.41. The minimum Gasteiger partial charge on any atom is -0.481 e. The Labute approximate surface area is 176 Å². The summed E-state index contributed by atoms with van der Waals surface area (Å²) in [6, 6.07) is 14.0. The lowest BCUT2D eigenvalue weighted by Crippen LogP contribution is -2.37. The molecule has 6 nitrogen and oxygen atoms in total. The van der Waals surface area contributed by atoms with E-state index >= 15 is 0 Å². The number of carbonyl (C=O) groups is 1.